The topological polar surface area (TPSA) is 69.7 Å². The Balaban J connectivity index is 1.40. The molecule has 1 saturated heterocycles. The molecule has 2 saturated carbocycles. The fraction of sp³-hybridized carbons (Fsp3) is 0.526. The zero-order valence-electron chi connectivity index (χ0n) is 14.4. The normalized spacial score (nSPS) is 25.6. The SMILES string of the molecule is Cc1ccccc1C1CC(N(C(=O)CN2CC(=O)NC2=O)C2CC2)C1. The van der Waals surface area contributed by atoms with Crippen molar-refractivity contribution in [3.63, 3.8) is 0 Å². The highest BCUT2D eigenvalue weighted by Crippen LogP contribution is 2.44. The van der Waals surface area contributed by atoms with E-state index in [2.05, 4.69) is 36.5 Å². The summed E-state index contributed by atoms with van der Waals surface area (Å²) in [5, 5.41) is 2.23. The monoisotopic (exact) mass is 341 g/mol. The van der Waals surface area contributed by atoms with E-state index in [9.17, 15) is 14.4 Å². The molecule has 3 fully saturated rings. The van der Waals surface area contributed by atoms with Crippen molar-refractivity contribution in [1.82, 2.24) is 15.1 Å². The number of nitrogens with one attached hydrogen (secondary N) is 1. The van der Waals surface area contributed by atoms with Crippen molar-refractivity contribution in [2.75, 3.05) is 13.1 Å². The molecule has 1 heterocycles. The van der Waals surface area contributed by atoms with Crippen LogP contribution in [0.4, 0.5) is 4.79 Å². The highest BCUT2D eigenvalue weighted by molar-refractivity contribution is 6.03. The van der Waals surface area contributed by atoms with Crippen molar-refractivity contribution in [3.8, 4) is 0 Å². The van der Waals surface area contributed by atoms with Gasteiger partial charge in [0.2, 0.25) is 11.8 Å². The molecule has 4 amide bonds. The molecule has 0 bridgehead atoms. The Morgan fingerprint density at radius 1 is 1.20 bits per heavy atom. The minimum Gasteiger partial charge on any atom is -0.335 e. The maximum absolute atomic E-state index is 12.8. The van der Waals surface area contributed by atoms with Crippen molar-refractivity contribution >= 4 is 17.8 Å². The average molecular weight is 341 g/mol. The van der Waals surface area contributed by atoms with Crippen LogP contribution in [0.1, 0.15) is 42.7 Å². The highest BCUT2D eigenvalue weighted by Gasteiger charge is 2.44. The van der Waals surface area contributed by atoms with Crippen LogP contribution in [0.15, 0.2) is 24.3 Å². The van der Waals surface area contributed by atoms with E-state index in [0.717, 1.165) is 25.7 Å². The Kier molecular flexibility index (Phi) is 3.98. The fourth-order valence-electron chi connectivity index (χ4n) is 4.03. The van der Waals surface area contributed by atoms with Crippen LogP contribution in [0.5, 0.6) is 0 Å². The maximum atomic E-state index is 12.8. The molecular weight excluding hydrogens is 318 g/mol. The molecule has 1 N–H and O–H groups in total. The number of hydrogen-bond acceptors (Lipinski definition) is 3. The van der Waals surface area contributed by atoms with Crippen molar-refractivity contribution in [2.45, 2.75) is 50.6 Å². The summed E-state index contributed by atoms with van der Waals surface area (Å²) in [4.78, 5) is 39.0. The van der Waals surface area contributed by atoms with Gasteiger partial charge in [0.15, 0.2) is 0 Å². The van der Waals surface area contributed by atoms with Gasteiger partial charge in [-0.3, -0.25) is 14.9 Å². The van der Waals surface area contributed by atoms with Gasteiger partial charge in [-0.15, -0.1) is 0 Å². The van der Waals surface area contributed by atoms with Gasteiger partial charge in [-0.25, -0.2) is 4.79 Å². The number of imide groups is 1. The molecule has 132 valence electrons. The van der Waals surface area contributed by atoms with E-state index in [1.807, 2.05) is 4.90 Å². The number of benzene rings is 1. The lowest BCUT2D eigenvalue weighted by atomic mass is 9.73. The Labute approximate surface area is 147 Å². The summed E-state index contributed by atoms with van der Waals surface area (Å²) in [6.45, 7) is 2.12. The molecule has 1 aromatic rings. The maximum Gasteiger partial charge on any atom is 0.325 e. The third-order valence-electron chi connectivity index (χ3n) is 5.56. The second kappa shape index (κ2) is 6.17. The van der Waals surface area contributed by atoms with Crippen LogP contribution in [0.2, 0.25) is 0 Å². The molecule has 0 spiro atoms. The number of carbonyl (C=O) groups is 3. The Hall–Kier alpha value is -2.37. The molecule has 0 radical (unpaired) electrons. The summed E-state index contributed by atoms with van der Waals surface area (Å²) in [7, 11) is 0. The van der Waals surface area contributed by atoms with Gasteiger partial charge in [-0.1, -0.05) is 24.3 Å². The minimum atomic E-state index is -0.458. The molecule has 0 unspecified atom stereocenters. The van der Waals surface area contributed by atoms with Crippen molar-refractivity contribution < 1.29 is 14.4 Å². The van der Waals surface area contributed by atoms with Crippen LogP contribution in [0, 0.1) is 6.92 Å². The summed E-state index contributed by atoms with van der Waals surface area (Å²) in [6.07, 6.45) is 4.06. The molecule has 0 atom stereocenters. The van der Waals surface area contributed by atoms with E-state index in [0.29, 0.717) is 12.0 Å². The summed E-state index contributed by atoms with van der Waals surface area (Å²) in [5.74, 6) is 0.150. The van der Waals surface area contributed by atoms with Gasteiger partial charge in [0.25, 0.3) is 0 Å². The molecule has 2 aliphatic carbocycles. The first-order valence-corrected chi connectivity index (χ1v) is 8.98. The van der Waals surface area contributed by atoms with Gasteiger partial charge in [0, 0.05) is 12.1 Å². The average Bonchev–Trinajstić information content (AvgIpc) is 3.30. The molecule has 4 rings (SSSR count). The minimum absolute atomic E-state index is 0.000392. The Morgan fingerprint density at radius 3 is 2.52 bits per heavy atom. The lowest BCUT2D eigenvalue weighted by Gasteiger charge is -2.44. The van der Waals surface area contributed by atoms with Crippen LogP contribution in [-0.4, -0.2) is 52.8 Å². The van der Waals surface area contributed by atoms with E-state index >= 15 is 0 Å². The van der Waals surface area contributed by atoms with Crippen LogP contribution >= 0.6 is 0 Å². The number of urea groups is 1. The predicted octanol–water partition coefficient (Wildman–Crippen LogP) is 1.78. The predicted molar refractivity (Wildman–Crippen MR) is 91.9 cm³/mol. The van der Waals surface area contributed by atoms with E-state index in [-0.39, 0.29) is 30.9 Å². The molecule has 6 heteroatoms. The fourth-order valence-corrected chi connectivity index (χ4v) is 4.03. The lowest BCUT2D eigenvalue weighted by Crippen LogP contribution is -2.51. The van der Waals surface area contributed by atoms with E-state index in [1.165, 1.54) is 16.0 Å². The number of aryl methyl sites for hydroxylation is 1. The summed E-state index contributed by atoms with van der Waals surface area (Å²) in [6, 6.07) is 8.55. The zero-order valence-corrected chi connectivity index (χ0v) is 14.4. The molecule has 1 aliphatic heterocycles. The summed E-state index contributed by atoms with van der Waals surface area (Å²) >= 11 is 0. The van der Waals surface area contributed by atoms with E-state index in [1.54, 1.807) is 0 Å². The lowest BCUT2D eigenvalue weighted by molar-refractivity contribution is -0.137. The molecule has 0 aromatic heterocycles. The molecule has 1 aromatic carbocycles. The number of hydrogen-bond donors (Lipinski definition) is 1. The van der Waals surface area contributed by atoms with Gasteiger partial charge >= 0.3 is 6.03 Å². The van der Waals surface area contributed by atoms with Crippen molar-refractivity contribution in [2.24, 2.45) is 0 Å². The smallest absolute Gasteiger partial charge is 0.325 e. The van der Waals surface area contributed by atoms with Gasteiger partial charge < -0.3 is 9.80 Å². The molecule has 3 aliphatic rings. The molecule has 6 nitrogen and oxygen atoms in total. The van der Waals surface area contributed by atoms with Gasteiger partial charge in [0.1, 0.15) is 13.1 Å². The standard InChI is InChI=1S/C19H23N3O3/c1-12-4-2-3-5-16(12)13-8-15(9-13)22(14-6-7-14)18(24)11-21-10-17(23)20-19(21)25/h2-5,13-15H,6-11H2,1H3,(H,20,23,25). The van der Waals surface area contributed by atoms with Crippen LogP contribution in [0.25, 0.3) is 0 Å². The molecular formula is C19H23N3O3. The quantitative estimate of drug-likeness (QED) is 0.830. The van der Waals surface area contributed by atoms with Crippen LogP contribution < -0.4 is 5.32 Å². The second-order valence-corrected chi connectivity index (χ2v) is 7.42. The van der Waals surface area contributed by atoms with Crippen LogP contribution in [0.3, 0.4) is 0 Å². The largest absolute Gasteiger partial charge is 0.335 e. The number of rotatable bonds is 5. The van der Waals surface area contributed by atoms with Crippen molar-refractivity contribution in [1.29, 1.82) is 0 Å². The number of carbonyl (C=O) groups excluding carboxylic acids is 3. The third kappa shape index (κ3) is 3.13. The first-order valence-electron chi connectivity index (χ1n) is 8.98. The number of amides is 4. The van der Waals surface area contributed by atoms with E-state index in [4.69, 9.17) is 0 Å². The Bertz CT molecular complexity index is 722. The summed E-state index contributed by atoms with van der Waals surface area (Å²) in [5.41, 5.74) is 2.69. The van der Waals surface area contributed by atoms with E-state index < -0.39 is 6.03 Å². The first kappa shape index (κ1) is 16.1. The van der Waals surface area contributed by atoms with Gasteiger partial charge in [0.05, 0.1) is 0 Å². The van der Waals surface area contributed by atoms with Gasteiger partial charge in [-0.2, -0.15) is 0 Å². The van der Waals surface area contributed by atoms with Crippen molar-refractivity contribution in [3.05, 3.63) is 35.4 Å². The third-order valence-corrected chi connectivity index (χ3v) is 5.56. The Morgan fingerprint density at radius 2 is 1.92 bits per heavy atom. The summed E-state index contributed by atoms with van der Waals surface area (Å²) < 4.78 is 0. The highest BCUT2D eigenvalue weighted by atomic mass is 16.2. The van der Waals surface area contributed by atoms with Crippen LogP contribution in [-0.2, 0) is 9.59 Å². The second-order valence-electron chi connectivity index (χ2n) is 7.42. The number of nitrogens with zero attached hydrogens (tertiary/aromatic N) is 2. The molecule has 25 heavy (non-hydrogen) atoms. The first-order chi connectivity index (χ1) is 12.0. The van der Waals surface area contributed by atoms with Gasteiger partial charge in [-0.05, 0) is 49.7 Å². The zero-order chi connectivity index (χ0) is 17.6.